The van der Waals surface area contributed by atoms with Gasteiger partial charge in [-0.25, -0.2) is 14.5 Å². The van der Waals surface area contributed by atoms with Gasteiger partial charge in [0.1, 0.15) is 18.2 Å². The van der Waals surface area contributed by atoms with Crippen molar-refractivity contribution in [2.24, 2.45) is 5.92 Å². The molecule has 0 spiro atoms. The Morgan fingerprint density at radius 2 is 1.89 bits per heavy atom. The van der Waals surface area contributed by atoms with Gasteiger partial charge in [-0.1, -0.05) is 32.0 Å². The topological polar surface area (TPSA) is 179 Å². The van der Waals surface area contributed by atoms with E-state index in [9.17, 15) is 19.3 Å². The standard InChI is InChI=1S/C28H39FN7O7PS/c1-15(2)24(38)34-27-32-22(30-7)20-23(33-27)36(14-31-20)26-28(6,29)21(37)19(43-26)13-41-44(40,45-18-11-9-8-10-12-18)35-17(5)25(39)42-16(3)4/h8-12,14-17,19,21,26,37H,13H2,1-7H3,(H,35,40)(H2,30,32,33,34,38)/t17-,19?,21+,26+,28+,44?/m0/s1. The van der Waals surface area contributed by atoms with Crippen molar-refractivity contribution in [2.45, 2.75) is 82.7 Å². The Labute approximate surface area is 264 Å². The van der Waals surface area contributed by atoms with Crippen LogP contribution in [0.15, 0.2) is 41.6 Å². The van der Waals surface area contributed by atoms with Crippen molar-refractivity contribution in [2.75, 3.05) is 24.3 Å². The van der Waals surface area contributed by atoms with E-state index in [0.29, 0.717) is 4.90 Å². The predicted molar refractivity (Wildman–Crippen MR) is 167 cm³/mol. The summed E-state index contributed by atoms with van der Waals surface area (Å²) in [6, 6.07) is 7.74. The molecule has 2 aromatic heterocycles. The third-order valence-electron chi connectivity index (χ3n) is 6.82. The molecular formula is C28H39FN7O7PS. The second-order valence-corrected chi connectivity index (χ2v) is 15.4. The van der Waals surface area contributed by atoms with Crippen molar-refractivity contribution >= 4 is 52.9 Å². The number of esters is 1. The molecule has 2 unspecified atom stereocenters. The van der Waals surface area contributed by atoms with Gasteiger partial charge < -0.3 is 24.4 Å². The van der Waals surface area contributed by atoms with Crippen LogP contribution in [-0.2, 0) is 28.2 Å². The van der Waals surface area contributed by atoms with Gasteiger partial charge in [0.05, 0.1) is 19.0 Å². The van der Waals surface area contributed by atoms with E-state index in [4.69, 9.17) is 14.0 Å². The molecule has 6 atom stereocenters. The summed E-state index contributed by atoms with van der Waals surface area (Å²) in [5.41, 5.74) is -1.96. The molecule has 1 amide bonds. The Bertz CT molecular complexity index is 1560. The minimum Gasteiger partial charge on any atom is -0.462 e. The van der Waals surface area contributed by atoms with Crippen LogP contribution in [0.1, 0.15) is 47.8 Å². The molecule has 4 rings (SSSR count). The van der Waals surface area contributed by atoms with Crippen LogP contribution in [0.25, 0.3) is 11.2 Å². The smallest absolute Gasteiger partial charge is 0.332 e. The minimum absolute atomic E-state index is 0.0265. The van der Waals surface area contributed by atoms with Gasteiger partial charge in [-0.3, -0.25) is 24.0 Å². The number of aromatic nitrogens is 4. The molecule has 1 aliphatic rings. The summed E-state index contributed by atoms with van der Waals surface area (Å²) < 4.78 is 48.6. The van der Waals surface area contributed by atoms with E-state index in [-0.39, 0.29) is 40.9 Å². The quantitative estimate of drug-likeness (QED) is 0.150. The molecule has 246 valence electrons. The van der Waals surface area contributed by atoms with Crippen LogP contribution < -0.4 is 15.7 Å². The maximum absolute atomic E-state index is 16.3. The van der Waals surface area contributed by atoms with Crippen molar-refractivity contribution in [3.05, 3.63) is 36.7 Å². The molecule has 14 nitrogen and oxygen atoms in total. The maximum atomic E-state index is 16.3. The predicted octanol–water partition coefficient (Wildman–Crippen LogP) is 4.30. The van der Waals surface area contributed by atoms with E-state index in [2.05, 4.69) is 30.7 Å². The number of imidazole rings is 1. The first kappa shape index (κ1) is 34.7. The molecular weight excluding hydrogens is 628 g/mol. The Morgan fingerprint density at radius 1 is 1.20 bits per heavy atom. The van der Waals surface area contributed by atoms with Gasteiger partial charge in [0.25, 0.3) is 0 Å². The van der Waals surface area contributed by atoms with Crippen LogP contribution in [0.3, 0.4) is 0 Å². The molecule has 3 heterocycles. The van der Waals surface area contributed by atoms with Crippen LogP contribution in [0.4, 0.5) is 16.2 Å². The lowest BCUT2D eigenvalue weighted by molar-refractivity contribution is -0.149. The van der Waals surface area contributed by atoms with Crippen molar-refractivity contribution in [3.8, 4) is 0 Å². The van der Waals surface area contributed by atoms with Gasteiger partial charge in [0.2, 0.25) is 11.9 Å². The number of halogens is 1. The largest absolute Gasteiger partial charge is 0.462 e. The molecule has 0 saturated carbocycles. The maximum Gasteiger partial charge on any atom is 0.332 e. The number of hydrogen-bond acceptors (Lipinski definition) is 12. The van der Waals surface area contributed by atoms with Crippen molar-refractivity contribution in [1.29, 1.82) is 0 Å². The fourth-order valence-corrected chi connectivity index (χ4v) is 8.26. The number of alkyl halides is 1. The number of fused-ring (bicyclic) bond motifs is 1. The number of nitrogens with one attached hydrogen (secondary N) is 3. The van der Waals surface area contributed by atoms with Gasteiger partial charge >= 0.3 is 12.7 Å². The van der Waals surface area contributed by atoms with Gasteiger partial charge in [0.15, 0.2) is 28.9 Å². The van der Waals surface area contributed by atoms with E-state index in [1.54, 1.807) is 65.1 Å². The summed E-state index contributed by atoms with van der Waals surface area (Å²) in [4.78, 5) is 38.4. The number of nitrogens with zero attached hydrogens (tertiary/aromatic N) is 4. The van der Waals surface area contributed by atoms with E-state index in [1.165, 1.54) is 17.8 Å². The molecule has 4 N–H and O–H groups in total. The number of carbonyl (C=O) groups excluding carboxylic acids is 2. The molecule has 1 fully saturated rings. The van der Waals surface area contributed by atoms with Gasteiger partial charge in [-0.15, -0.1) is 0 Å². The fourth-order valence-electron chi connectivity index (χ4n) is 4.43. The van der Waals surface area contributed by atoms with Crippen molar-refractivity contribution < 1.29 is 37.6 Å². The number of anilines is 2. The summed E-state index contributed by atoms with van der Waals surface area (Å²) in [5, 5.41) is 19.3. The average Bonchev–Trinajstić information content (AvgIpc) is 3.48. The van der Waals surface area contributed by atoms with Crippen molar-refractivity contribution in [1.82, 2.24) is 24.6 Å². The number of carbonyl (C=O) groups is 2. The zero-order valence-electron chi connectivity index (χ0n) is 26.1. The number of rotatable bonds is 13. The number of aliphatic hydroxyl groups is 1. The molecule has 1 aromatic carbocycles. The van der Waals surface area contributed by atoms with Gasteiger partial charge in [-0.2, -0.15) is 9.97 Å². The molecule has 0 radical (unpaired) electrons. The second-order valence-electron chi connectivity index (χ2n) is 11.3. The second kappa shape index (κ2) is 14.1. The van der Waals surface area contributed by atoms with Gasteiger partial charge in [-0.05, 0) is 51.2 Å². The lowest BCUT2D eigenvalue weighted by atomic mass is 9.98. The number of amides is 1. The van der Waals surface area contributed by atoms with E-state index >= 15 is 4.39 Å². The molecule has 3 aromatic rings. The molecule has 0 aliphatic carbocycles. The third kappa shape index (κ3) is 7.99. The number of hydrogen-bond donors (Lipinski definition) is 4. The molecule has 1 aliphatic heterocycles. The Kier molecular flexibility index (Phi) is 10.9. The van der Waals surface area contributed by atoms with E-state index in [1.807, 2.05) is 0 Å². The summed E-state index contributed by atoms with van der Waals surface area (Å²) in [6.45, 7) is 5.07. The fraction of sp³-hybridized carbons (Fsp3) is 0.536. The monoisotopic (exact) mass is 667 g/mol. The first-order valence-corrected chi connectivity index (χ1v) is 17.4. The number of aliphatic hydroxyl groups excluding tert-OH is 1. The number of benzene rings is 1. The summed E-state index contributed by atoms with van der Waals surface area (Å²) in [7, 11) is 1.61. The van der Waals surface area contributed by atoms with Crippen LogP contribution in [0.2, 0.25) is 0 Å². The van der Waals surface area contributed by atoms with Crippen molar-refractivity contribution in [3.63, 3.8) is 0 Å². The highest BCUT2D eigenvalue weighted by Gasteiger charge is 2.56. The Morgan fingerprint density at radius 3 is 2.51 bits per heavy atom. The number of ether oxygens (including phenoxy) is 2. The average molecular weight is 668 g/mol. The summed E-state index contributed by atoms with van der Waals surface area (Å²) in [5.74, 6) is -1.03. The molecule has 45 heavy (non-hydrogen) atoms. The summed E-state index contributed by atoms with van der Waals surface area (Å²) in [6.07, 6.45) is -3.52. The first-order valence-electron chi connectivity index (χ1n) is 14.4. The van der Waals surface area contributed by atoms with Crippen LogP contribution in [-0.4, -0.2) is 80.2 Å². The highest BCUT2D eigenvalue weighted by molar-refractivity contribution is 8.56. The van der Waals surface area contributed by atoms with Crippen LogP contribution in [0.5, 0.6) is 0 Å². The Hall–Kier alpha value is -3.14. The zero-order valence-corrected chi connectivity index (χ0v) is 27.8. The molecule has 17 heteroatoms. The molecule has 0 bridgehead atoms. The first-order chi connectivity index (χ1) is 21.1. The highest BCUT2D eigenvalue weighted by Crippen LogP contribution is 2.60. The lowest BCUT2D eigenvalue weighted by Gasteiger charge is -2.25. The van der Waals surface area contributed by atoms with Gasteiger partial charge in [0, 0.05) is 17.9 Å². The Balaban J connectivity index is 1.59. The van der Waals surface area contributed by atoms with Crippen LogP contribution in [0, 0.1) is 5.92 Å². The minimum atomic E-state index is -3.91. The van der Waals surface area contributed by atoms with E-state index < -0.39 is 49.4 Å². The SMILES string of the molecule is CNc1nc(NC(=O)C(C)C)nc2c1ncn2[C@@H]1OC(COP(=O)(N[C@@H](C)C(=O)OC(C)C)Sc2ccccc2)[C@@H](O)[C@@]1(C)F. The van der Waals surface area contributed by atoms with E-state index in [0.717, 1.165) is 18.3 Å². The summed E-state index contributed by atoms with van der Waals surface area (Å²) >= 11 is 0.863. The zero-order chi connectivity index (χ0) is 33.1. The lowest BCUT2D eigenvalue weighted by Crippen LogP contribution is -2.41. The highest BCUT2D eigenvalue weighted by atomic mass is 32.7. The normalized spacial score (nSPS) is 23.7. The third-order valence-corrected chi connectivity index (χ3v) is 10.7. The molecule has 1 saturated heterocycles. The van der Waals surface area contributed by atoms with Crippen LogP contribution >= 0.6 is 18.1 Å².